The predicted molar refractivity (Wildman–Crippen MR) is 107 cm³/mol. The minimum absolute atomic E-state index is 0.0748. The number of ketones is 1. The Morgan fingerprint density at radius 2 is 1.58 bits per heavy atom. The molecule has 0 saturated carbocycles. The summed E-state index contributed by atoms with van der Waals surface area (Å²) in [5.41, 5.74) is 1.02. The third kappa shape index (κ3) is 3.22. The zero-order valence-corrected chi connectivity index (χ0v) is 15.8. The Morgan fingerprint density at radius 1 is 0.962 bits per heavy atom. The van der Waals surface area contributed by atoms with Crippen LogP contribution in [0.3, 0.4) is 0 Å². The van der Waals surface area contributed by atoms with Crippen LogP contribution in [0.4, 0.5) is 0 Å². The lowest BCUT2D eigenvalue weighted by Crippen LogP contribution is -2.38. The molecule has 26 heavy (non-hydrogen) atoms. The molecule has 2 heteroatoms. The van der Waals surface area contributed by atoms with Crippen LogP contribution in [-0.2, 0) is 10.3 Å². The molecule has 0 spiro atoms. The first kappa shape index (κ1) is 18.1. The second kappa shape index (κ2) is 7.30. The summed E-state index contributed by atoms with van der Waals surface area (Å²) in [6, 6.07) is 19.5. The van der Waals surface area contributed by atoms with Crippen molar-refractivity contribution in [3.05, 3.63) is 71.8 Å². The molecule has 132 valence electrons. The predicted octanol–water partition coefficient (Wildman–Crippen LogP) is 5.17. The average Bonchev–Trinajstić information content (AvgIpc) is 2.87. The Morgan fingerprint density at radius 3 is 2.19 bits per heavy atom. The third-order valence-corrected chi connectivity index (χ3v) is 5.04. The summed E-state index contributed by atoms with van der Waals surface area (Å²) in [5, 5.41) is 0. The van der Waals surface area contributed by atoms with Gasteiger partial charge in [-0.05, 0) is 44.4 Å². The van der Waals surface area contributed by atoms with Gasteiger partial charge in [-0.25, -0.2) is 0 Å². The van der Waals surface area contributed by atoms with Crippen LogP contribution < -0.4 is 0 Å². The molecule has 2 aromatic rings. The van der Waals surface area contributed by atoms with Crippen LogP contribution in [0.25, 0.3) is 0 Å². The summed E-state index contributed by atoms with van der Waals surface area (Å²) in [5.74, 6) is 6.52. The number of hydrogen-bond donors (Lipinski definition) is 0. The summed E-state index contributed by atoms with van der Waals surface area (Å²) in [6.07, 6.45) is 2.96. The van der Waals surface area contributed by atoms with Crippen molar-refractivity contribution >= 4 is 11.5 Å². The standard InChI is InChI=1S/C24H25NO/c1-4-5-16-21-23(2,3)22(26)24(25-21,20-14-10-7-11-15-20)18-17-19-12-8-6-9-13-19/h6-15H,4-5,16H2,1-3H3. The zero-order valence-electron chi connectivity index (χ0n) is 15.8. The molecule has 0 amide bonds. The Bertz CT molecular complexity index is 869. The van der Waals surface area contributed by atoms with Crippen molar-refractivity contribution < 1.29 is 4.79 Å². The molecule has 1 aliphatic rings. The number of Topliss-reactive ketones (excluding diaryl/α,β-unsaturated/α-hetero) is 1. The van der Waals surface area contributed by atoms with Gasteiger partial charge in [0.2, 0.25) is 5.54 Å². The molecule has 1 atom stereocenters. The van der Waals surface area contributed by atoms with Crippen LogP contribution in [0.2, 0.25) is 0 Å². The number of aliphatic imine (C=N–C) groups is 1. The smallest absolute Gasteiger partial charge is 0.205 e. The fraction of sp³-hybridized carbons (Fsp3) is 0.333. The number of rotatable bonds is 4. The van der Waals surface area contributed by atoms with Gasteiger partial charge < -0.3 is 0 Å². The monoisotopic (exact) mass is 343 g/mol. The Balaban J connectivity index is 2.15. The van der Waals surface area contributed by atoms with E-state index in [-0.39, 0.29) is 5.78 Å². The maximum Gasteiger partial charge on any atom is 0.205 e. The molecule has 0 bridgehead atoms. The highest BCUT2D eigenvalue weighted by Gasteiger charge is 2.53. The highest BCUT2D eigenvalue weighted by atomic mass is 16.1. The molecule has 0 aliphatic carbocycles. The molecule has 0 fully saturated rings. The Kier molecular flexibility index (Phi) is 5.09. The van der Waals surface area contributed by atoms with Gasteiger partial charge in [0.05, 0.1) is 5.41 Å². The van der Waals surface area contributed by atoms with Crippen LogP contribution in [0, 0.1) is 17.3 Å². The largest absolute Gasteiger partial charge is 0.294 e. The van der Waals surface area contributed by atoms with Gasteiger partial charge in [0, 0.05) is 11.3 Å². The number of hydrogen-bond acceptors (Lipinski definition) is 2. The van der Waals surface area contributed by atoms with E-state index in [1.807, 2.05) is 74.5 Å². The molecular weight excluding hydrogens is 318 g/mol. The van der Waals surface area contributed by atoms with Crippen molar-refractivity contribution in [1.29, 1.82) is 0 Å². The van der Waals surface area contributed by atoms with Gasteiger partial charge in [-0.15, -0.1) is 0 Å². The molecule has 0 radical (unpaired) electrons. The van der Waals surface area contributed by atoms with Crippen LogP contribution in [0.1, 0.15) is 51.2 Å². The topological polar surface area (TPSA) is 29.4 Å². The minimum Gasteiger partial charge on any atom is -0.294 e. The summed E-state index contributed by atoms with van der Waals surface area (Å²) in [4.78, 5) is 18.5. The maximum atomic E-state index is 13.5. The molecule has 0 aromatic heterocycles. The van der Waals surface area contributed by atoms with E-state index in [1.165, 1.54) is 0 Å². The van der Waals surface area contributed by atoms with Crippen molar-refractivity contribution in [3.8, 4) is 11.8 Å². The van der Waals surface area contributed by atoms with E-state index in [2.05, 4.69) is 18.8 Å². The van der Waals surface area contributed by atoms with E-state index in [4.69, 9.17) is 4.99 Å². The number of unbranched alkanes of at least 4 members (excludes halogenated alkanes) is 1. The highest BCUT2D eigenvalue weighted by molar-refractivity contribution is 6.19. The van der Waals surface area contributed by atoms with E-state index in [9.17, 15) is 4.79 Å². The molecule has 1 unspecified atom stereocenters. The van der Waals surface area contributed by atoms with E-state index < -0.39 is 11.0 Å². The van der Waals surface area contributed by atoms with Gasteiger partial charge in [0.15, 0.2) is 5.78 Å². The van der Waals surface area contributed by atoms with Crippen LogP contribution >= 0.6 is 0 Å². The quantitative estimate of drug-likeness (QED) is 0.704. The van der Waals surface area contributed by atoms with Crippen molar-refractivity contribution in [1.82, 2.24) is 0 Å². The van der Waals surface area contributed by atoms with Gasteiger partial charge in [-0.2, -0.15) is 0 Å². The molecular formula is C24H25NO. The fourth-order valence-corrected chi connectivity index (χ4v) is 3.40. The average molecular weight is 343 g/mol. The third-order valence-electron chi connectivity index (χ3n) is 5.04. The van der Waals surface area contributed by atoms with Crippen LogP contribution in [0.5, 0.6) is 0 Å². The highest BCUT2D eigenvalue weighted by Crippen LogP contribution is 2.43. The number of carbonyl (C=O) groups is 1. The van der Waals surface area contributed by atoms with Gasteiger partial charge in [-0.3, -0.25) is 9.79 Å². The second-order valence-electron chi connectivity index (χ2n) is 7.31. The van der Waals surface area contributed by atoms with Crippen molar-refractivity contribution in [3.63, 3.8) is 0 Å². The number of carbonyl (C=O) groups excluding carboxylic acids is 1. The van der Waals surface area contributed by atoms with Crippen LogP contribution in [-0.4, -0.2) is 11.5 Å². The zero-order chi connectivity index (χ0) is 18.6. The summed E-state index contributed by atoms with van der Waals surface area (Å²) >= 11 is 0. The molecule has 2 aromatic carbocycles. The lowest BCUT2D eigenvalue weighted by atomic mass is 9.75. The summed E-state index contributed by atoms with van der Waals surface area (Å²) in [7, 11) is 0. The molecule has 0 saturated heterocycles. The first-order valence-corrected chi connectivity index (χ1v) is 9.28. The van der Waals surface area contributed by atoms with Gasteiger partial charge >= 0.3 is 0 Å². The first-order valence-electron chi connectivity index (χ1n) is 9.28. The summed E-state index contributed by atoms with van der Waals surface area (Å²) in [6.45, 7) is 6.13. The van der Waals surface area contributed by atoms with Gasteiger partial charge in [0.1, 0.15) is 0 Å². The first-order chi connectivity index (χ1) is 12.5. The second-order valence-corrected chi connectivity index (χ2v) is 7.31. The van der Waals surface area contributed by atoms with Crippen molar-refractivity contribution in [2.24, 2.45) is 10.4 Å². The van der Waals surface area contributed by atoms with Crippen LogP contribution in [0.15, 0.2) is 65.7 Å². The SMILES string of the molecule is CCCCC1=NC(C#Cc2ccccc2)(c2ccccc2)C(=O)C1(C)C. The Labute approximate surface area is 156 Å². The number of nitrogens with zero attached hydrogens (tertiary/aromatic N) is 1. The van der Waals surface area contributed by atoms with Crippen molar-refractivity contribution in [2.75, 3.05) is 0 Å². The van der Waals surface area contributed by atoms with E-state index in [1.54, 1.807) is 0 Å². The van der Waals surface area contributed by atoms with E-state index in [0.29, 0.717) is 0 Å². The molecule has 3 rings (SSSR count). The van der Waals surface area contributed by atoms with E-state index >= 15 is 0 Å². The normalized spacial score (nSPS) is 21.0. The van der Waals surface area contributed by atoms with Gasteiger partial charge in [0.25, 0.3) is 0 Å². The lowest BCUT2D eigenvalue weighted by molar-refractivity contribution is -0.126. The fourth-order valence-electron chi connectivity index (χ4n) is 3.40. The lowest BCUT2D eigenvalue weighted by Gasteiger charge is -2.24. The number of benzene rings is 2. The van der Waals surface area contributed by atoms with Gasteiger partial charge in [-0.1, -0.05) is 73.7 Å². The Hall–Kier alpha value is -2.66. The molecule has 0 N–H and O–H groups in total. The minimum atomic E-state index is -1.11. The molecule has 1 aliphatic heterocycles. The molecule has 2 nitrogen and oxygen atoms in total. The maximum absolute atomic E-state index is 13.5. The van der Waals surface area contributed by atoms with Crippen molar-refractivity contribution in [2.45, 2.75) is 45.6 Å². The van der Waals surface area contributed by atoms with E-state index in [0.717, 1.165) is 36.1 Å². The molecule has 1 heterocycles. The summed E-state index contributed by atoms with van der Waals surface area (Å²) < 4.78 is 0.